The molecule has 2 aliphatic rings. The summed E-state index contributed by atoms with van der Waals surface area (Å²) in [6.45, 7) is 16.5. The largest absolute Gasteiger partial charge is 0.122 e. The van der Waals surface area contributed by atoms with Crippen LogP contribution >= 0.6 is 0 Å². The highest BCUT2D eigenvalue weighted by Gasteiger charge is 2.33. The third-order valence-electron chi connectivity index (χ3n) is 6.90. The number of fused-ring (bicyclic) bond motifs is 2. The van der Waals surface area contributed by atoms with Gasteiger partial charge in [0.05, 0.1) is 0 Å². The van der Waals surface area contributed by atoms with E-state index in [4.69, 9.17) is 0 Å². The maximum Gasteiger partial charge on any atom is 0.122 e. The molecule has 2 aromatic rings. The van der Waals surface area contributed by atoms with Gasteiger partial charge in [-0.1, -0.05) is 88.2 Å². The fourth-order valence-electron chi connectivity index (χ4n) is 5.74. The van der Waals surface area contributed by atoms with Gasteiger partial charge in [0.1, 0.15) is 8.80 Å². The van der Waals surface area contributed by atoms with Crippen molar-refractivity contribution in [2.45, 2.75) is 80.2 Å². The lowest BCUT2D eigenvalue weighted by atomic mass is 9.99. The van der Waals surface area contributed by atoms with E-state index < -0.39 is 8.80 Å². The van der Waals surface area contributed by atoms with Crippen LogP contribution in [0.4, 0.5) is 0 Å². The molecule has 1 radical (unpaired) electrons. The fourth-order valence-corrected chi connectivity index (χ4v) is 9.02. The first-order chi connectivity index (χ1) is 14.8. The van der Waals surface area contributed by atoms with Crippen molar-refractivity contribution < 1.29 is 0 Å². The molecule has 4 rings (SSSR count). The number of hydrogen-bond donors (Lipinski definition) is 0. The van der Waals surface area contributed by atoms with E-state index in [1.54, 1.807) is 43.8 Å². The molecule has 0 saturated carbocycles. The Morgan fingerprint density at radius 3 is 1.48 bits per heavy atom. The number of allylic oxidation sites excluding steroid dienone is 2. The first kappa shape index (κ1) is 22.3. The van der Waals surface area contributed by atoms with Crippen LogP contribution < -0.4 is 0 Å². The molecule has 0 heterocycles. The van der Waals surface area contributed by atoms with Gasteiger partial charge in [-0.05, 0) is 95.1 Å². The van der Waals surface area contributed by atoms with Crippen molar-refractivity contribution in [2.75, 3.05) is 0 Å². The lowest BCUT2D eigenvalue weighted by Crippen LogP contribution is -2.18. The summed E-state index contributed by atoms with van der Waals surface area (Å²) in [6.07, 6.45) is 4.65. The van der Waals surface area contributed by atoms with Gasteiger partial charge in [0.25, 0.3) is 0 Å². The van der Waals surface area contributed by atoms with Gasteiger partial charge >= 0.3 is 0 Å². The van der Waals surface area contributed by atoms with E-state index in [-0.39, 0.29) is 0 Å². The lowest BCUT2D eigenvalue weighted by molar-refractivity contribution is 0.647. The first-order valence-electron chi connectivity index (χ1n) is 12.3. The molecular formula is C30H39Si. The van der Waals surface area contributed by atoms with Crippen LogP contribution in [-0.2, 0) is 25.7 Å². The maximum atomic E-state index is 2.54. The molecule has 0 atom stereocenters. The van der Waals surface area contributed by atoms with Gasteiger partial charge in [0.15, 0.2) is 0 Å². The summed E-state index contributed by atoms with van der Waals surface area (Å²) in [5, 5.41) is 3.45. The molecule has 0 aliphatic heterocycles. The predicted molar refractivity (Wildman–Crippen MR) is 139 cm³/mol. The van der Waals surface area contributed by atoms with Gasteiger partial charge in [-0.25, -0.2) is 0 Å². The van der Waals surface area contributed by atoms with Crippen LogP contribution in [0.25, 0.3) is 10.4 Å². The van der Waals surface area contributed by atoms with E-state index in [1.807, 2.05) is 0 Å². The Bertz CT molecular complexity index is 965. The summed E-state index contributed by atoms with van der Waals surface area (Å²) >= 11 is 0. The summed E-state index contributed by atoms with van der Waals surface area (Å²) < 4.78 is 0. The molecule has 0 bridgehead atoms. The molecule has 0 amide bonds. The number of hydrogen-bond acceptors (Lipinski definition) is 0. The topological polar surface area (TPSA) is 0 Å². The SMILES string of the molecule is CC[Si](C1=C(C)Cc2ccc(CC(C)C)cc21)C1=C(C)Cc2ccc(CC(C)C)cc21. The van der Waals surface area contributed by atoms with Crippen molar-refractivity contribution >= 4 is 19.2 Å². The smallest absolute Gasteiger partial charge is 0.0689 e. The van der Waals surface area contributed by atoms with Crippen LogP contribution in [0, 0.1) is 11.8 Å². The van der Waals surface area contributed by atoms with Crippen molar-refractivity contribution in [1.82, 2.24) is 0 Å². The Hall–Kier alpha value is -1.86. The molecule has 163 valence electrons. The quantitative estimate of drug-likeness (QED) is 0.392. The van der Waals surface area contributed by atoms with Crippen molar-refractivity contribution in [1.29, 1.82) is 0 Å². The van der Waals surface area contributed by atoms with Crippen molar-refractivity contribution in [3.63, 3.8) is 0 Å². The Kier molecular flexibility index (Phi) is 6.44. The van der Waals surface area contributed by atoms with E-state index in [1.165, 1.54) is 30.0 Å². The second-order valence-corrected chi connectivity index (χ2v) is 13.3. The second-order valence-electron chi connectivity index (χ2n) is 10.7. The molecule has 2 aromatic carbocycles. The van der Waals surface area contributed by atoms with Crippen LogP contribution in [0.5, 0.6) is 0 Å². The molecule has 0 aromatic heterocycles. The number of rotatable bonds is 7. The Labute approximate surface area is 192 Å². The van der Waals surface area contributed by atoms with Gasteiger partial charge in [-0.15, -0.1) is 0 Å². The fraction of sp³-hybridized carbons (Fsp3) is 0.467. The maximum absolute atomic E-state index is 2.54. The van der Waals surface area contributed by atoms with Crippen LogP contribution in [0.1, 0.15) is 81.8 Å². The monoisotopic (exact) mass is 427 g/mol. The summed E-state index contributed by atoms with van der Waals surface area (Å²) in [7, 11) is -0.790. The molecule has 0 spiro atoms. The van der Waals surface area contributed by atoms with Gasteiger partial charge in [-0.2, -0.15) is 0 Å². The minimum atomic E-state index is -0.790. The highest BCUT2D eigenvalue weighted by molar-refractivity contribution is 6.95. The minimum absolute atomic E-state index is 0.704. The van der Waals surface area contributed by atoms with E-state index >= 15 is 0 Å². The van der Waals surface area contributed by atoms with Crippen molar-refractivity contribution in [3.05, 3.63) is 80.9 Å². The molecule has 0 N–H and O–H groups in total. The summed E-state index contributed by atoms with van der Waals surface area (Å²) in [4.78, 5) is 0. The van der Waals surface area contributed by atoms with Crippen LogP contribution in [0.2, 0.25) is 6.04 Å². The Morgan fingerprint density at radius 1 is 0.710 bits per heavy atom. The third kappa shape index (κ3) is 4.39. The molecule has 2 aliphatic carbocycles. The van der Waals surface area contributed by atoms with Crippen LogP contribution in [0.3, 0.4) is 0 Å². The third-order valence-corrected chi connectivity index (χ3v) is 10.2. The van der Waals surface area contributed by atoms with E-state index in [0.717, 1.165) is 12.8 Å². The zero-order valence-electron chi connectivity index (χ0n) is 20.7. The summed E-state index contributed by atoms with van der Waals surface area (Å²) in [5.74, 6) is 1.41. The average molecular weight is 428 g/mol. The van der Waals surface area contributed by atoms with E-state index in [9.17, 15) is 0 Å². The molecule has 1 heteroatoms. The number of benzene rings is 2. The lowest BCUT2D eigenvalue weighted by Gasteiger charge is -2.22. The van der Waals surface area contributed by atoms with Crippen LogP contribution in [0.15, 0.2) is 47.5 Å². The highest BCUT2D eigenvalue weighted by Crippen LogP contribution is 2.44. The van der Waals surface area contributed by atoms with Gasteiger partial charge < -0.3 is 0 Å². The molecule has 0 nitrogen and oxygen atoms in total. The van der Waals surface area contributed by atoms with Gasteiger partial charge in [0, 0.05) is 0 Å². The Morgan fingerprint density at radius 2 is 1.13 bits per heavy atom. The molecule has 0 saturated heterocycles. The molecular weight excluding hydrogens is 388 g/mol. The van der Waals surface area contributed by atoms with Crippen molar-refractivity contribution in [3.8, 4) is 0 Å². The summed E-state index contributed by atoms with van der Waals surface area (Å²) in [6, 6.07) is 15.9. The van der Waals surface area contributed by atoms with E-state index in [2.05, 4.69) is 84.9 Å². The zero-order chi connectivity index (χ0) is 22.3. The van der Waals surface area contributed by atoms with Crippen LogP contribution in [-0.4, -0.2) is 8.80 Å². The van der Waals surface area contributed by atoms with Crippen molar-refractivity contribution in [2.24, 2.45) is 11.8 Å². The van der Waals surface area contributed by atoms with Gasteiger partial charge in [0.2, 0.25) is 0 Å². The standard InChI is InChI=1S/C30H39Si/c1-8-31(29-21(6)15-25-11-9-23(13-19(2)3)17-27(25)29)30-22(7)16-26-12-10-24(14-20(4)5)18-28(26)30/h9-12,17-20H,8,13-16H2,1-7H3. The average Bonchev–Trinajstić information content (AvgIpc) is 3.18. The summed E-state index contributed by atoms with van der Waals surface area (Å²) in [5.41, 5.74) is 12.5. The first-order valence-corrected chi connectivity index (χ1v) is 14.0. The minimum Gasteiger partial charge on any atom is -0.0689 e. The molecule has 0 fully saturated rings. The zero-order valence-corrected chi connectivity index (χ0v) is 21.7. The predicted octanol–water partition coefficient (Wildman–Crippen LogP) is 8.04. The molecule has 31 heavy (non-hydrogen) atoms. The molecule has 0 unspecified atom stereocenters. The van der Waals surface area contributed by atoms with E-state index in [0.29, 0.717) is 11.8 Å². The normalized spacial score (nSPS) is 15.7. The second kappa shape index (κ2) is 8.94. The highest BCUT2D eigenvalue weighted by atomic mass is 28.3. The van der Waals surface area contributed by atoms with Gasteiger partial charge in [-0.3, -0.25) is 0 Å². The Balaban J connectivity index is 1.76.